The molecule has 5 rings (SSSR count). The summed E-state index contributed by atoms with van der Waals surface area (Å²) in [6, 6.07) is 22.3. The zero-order valence-electron chi connectivity index (χ0n) is 20.4. The van der Waals surface area contributed by atoms with E-state index in [-0.39, 0.29) is 30.1 Å². The Morgan fingerprint density at radius 2 is 1.73 bits per heavy atom. The molecule has 188 valence electrons. The minimum Gasteiger partial charge on any atom is -0.497 e. The van der Waals surface area contributed by atoms with Crippen LogP contribution >= 0.6 is 0 Å². The first kappa shape index (κ1) is 24.2. The summed E-state index contributed by atoms with van der Waals surface area (Å²) in [6.45, 7) is 0.434. The molecule has 1 heterocycles. The molecule has 8 heteroatoms. The van der Waals surface area contributed by atoms with Crippen molar-refractivity contribution in [3.8, 4) is 22.7 Å². The van der Waals surface area contributed by atoms with Crippen molar-refractivity contribution in [3.63, 3.8) is 0 Å². The van der Waals surface area contributed by atoms with Gasteiger partial charge in [-0.15, -0.1) is 0 Å². The number of amides is 2. The van der Waals surface area contributed by atoms with E-state index in [9.17, 15) is 14.0 Å². The lowest BCUT2D eigenvalue weighted by atomic mass is 10.1. The van der Waals surface area contributed by atoms with Gasteiger partial charge in [-0.3, -0.25) is 19.5 Å². The number of hydrogen-bond acceptors (Lipinski definition) is 4. The lowest BCUT2D eigenvalue weighted by Crippen LogP contribution is -2.39. The topological polar surface area (TPSA) is 76.5 Å². The normalized spacial score (nSPS) is 12.7. The highest BCUT2D eigenvalue weighted by atomic mass is 19.1. The van der Waals surface area contributed by atoms with Crippen LogP contribution in [-0.4, -0.2) is 46.5 Å². The Morgan fingerprint density at radius 3 is 2.38 bits per heavy atom. The van der Waals surface area contributed by atoms with Crippen LogP contribution in [-0.2, 0) is 4.79 Å². The van der Waals surface area contributed by atoms with Gasteiger partial charge >= 0.3 is 0 Å². The van der Waals surface area contributed by atoms with Gasteiger partial charge in [0.15, 0.2) is 0 Å². The molecule has 4 aromatic rings. The monoisotopic (exact) mass is 498 g/mol. The summed E-state index contributed by atoms with van der Waals surface area (Å²) in [5.74, 6) is 0.516. The first-order valence-corrected chi connectivity index (χ1v) is 12.1. The predicted molar refractivity (Wildman–Crippen MR) is 139 cm³/mol. The van der Waals surface area contributed by atoms with E-state index in [2.05, 4.69) is 10.3 Å². The Hall–Kier alpha value is -4.46. The number of nitrogens with zero attached hydrogens (tertiary/aromatic N) is 3. The SMILES string of the molecule is COc1ccc(-c2cn(-c3ccc(F)cc3)c(NC(=O)CN(CC3CC3)C(=O)c3ccccc3)n2)cc1. The molecule has 0 radical (unpaired) electrons. The molecule has 0 spiro atoms. The lowest BCUT2D eigenvalue weighted by Gasteiger charge is -2.22. The molecule has 0 aliphatic heterocycles. The molecular formula is C29H27FN4O3. The molecule has 1 aromatic heterocycles. The van der Waals surface area contributed by atoms with Crippen LogP contribution < -0.4 is 10.1 Å². The average molecular weight is 499 g/mol. The fraction of sp³-hybridized carbons (Fsp3) is 0.207. The molecule has 0 saturated heterocycles. The molecule has 3 aromatic carbocycles. The zero-order chi connectivity index (χ0) is 25.8. The Balaban J connectivity index is 1.41. The molecule has 2 amide bonds. The highest BCUT2D eigenvalue weighted by Gasteiger charge is 2.29. The number of carbonyl (C=O) groups excluding carboxylic acids is 2. The molecule has 1 N–H and O–H groups in total. The second kappa shape index (κ2) is 10.7. The maximum Gasteiger partial charge on any atom is 0.254 e. The first-order chi connectivity index (χ1) is 18.0. The van der Waals surface area contributed by atoms with Gasteiger partial charge in [0.2, 0.25) is 11.9 Å². The molecule has 0 unspecified atom stereocenters. The third-order valence-corrected chi connectivity index (χ3v) is 6.27. The number of carbonyl (C=O) groups is 2. The fourth-order valence-electron chi connectivity index (χ4n) is 4.10. The molecule has 1 fully saturated rings. The quantitative estimate of drug-likeness (QED) is 0.345. The van der Waals surface area contributed by atoms with Crippen molar-refractivity contribution in [2.45, 2.75) is 12.8 Å². The van der Waals surface area contributed by atoms with Gasteiger partial charge in [0.25, 0.3) is 5.91 Å². The summed E-state index contributed by atoms with van der Waals surface area (Å²) < 4.78 is 20.5. The van der Waals surface area contributed by atoms with E-state index in [1.807, 2.05) is 42.5 Å². The number of imidazole rings is 1. The summed E-state index contributed by atoms with van der Waals surface area (Å²) in [5, 5.41) is 2.87. The van der Waals surface area contributed by atoms with Gasteiger partial charge in [-0.2, -0.15) is 0 Å². The molecule has 1 saturated carbocycles. The summed E-state index contributed by atoms with van der Waals surface area (Å²) in [7, 11) is 1.60. The van der Waals surface area contributed by atoms with Crippen molar-refractivity contribution in [2.75, 3.05) is 25.5 Å². The fourth-order valence-corrected chi connectivity index (χ4v) is 4.10. The smallest absolute Gasteiger partial charge is 0.254 e. The van der Waals surface area contributed by atoms with Crippen LogP contribution in [0.15, 0.2) is 85.1 Å². The molecular weight excluding hydrogens is 471 g/mol. The molecule has 0 bridgehead atoms. The summed E-state index contributed by atoms with van der Waals surface area (Å²) in [6.07, 6.45) is 3.89. The van der Waals surface area contributed by atoms with Crippen LogP contribution in [0.5, 0.6) is 5.75 Å². The lowest BCUT2D eigenvalue weighted by molar-refractivity contribution is -0.117. The number of anilines is 1. The van der Waals surface area contributed by atoms with Crippen molar-refractivity contribution in [1.29, 1.82) is 0 Å². The van der Waals surface area contributed by atoms with Gasteiger partial charge in [0.05, 0.1) is 12.8 Å². The van der Waals surface area contributed by atoms with E-state index >= 15 is 0 Å². The summed E-state index contributed by atoms with van der Waals surface area (Å²) in [5.41, 5.74) is 2.63. The van der Waals surface area contributed by atoms with Crippen LogP contribution in [0.25, 0.3) is 16.9 Å². The van der Waals surface area contributed by atoms with Gasteiger partial charge in [-0.1, -0.05) is 18.2 Å². The van der Waals surface area contributed by atoms with Crippen molar-refractivity contribution in [2.24, 2.45) is 5.92 Å². The van der Waals surface area contributed by atoms with Crippen LogP contribution in [0.1, 0.15) is 23.2 Å². The third-order valence-electron chi connectivity index (χ3n) is 6.27. The molecule has 37 heavy (non-hydrogen) atoms. The Labute approximate surface area is 214 Å². The zero-order valence-corrected chi connectivity index (χ0v) is 20.4. The van der Waals surface area contributed by atoms with Gasteiger partial charge < -0.3 is 9.64 Å². The van der Waals surface area contributed by atoms with Crippen molar-refractivity contribution >= 4 is 17.8 Å². The van der Waals surface area contributed by atoms with E-state index in [0.717, 1.165) is 18.4 Å². The third kappa shape index (κ3) is 5.86. The number of rotatable bonds is 9. The maximum atomic E-state index is 13.6. The van der Waals surface area contributed by atoms with Crippen LogP contribution in [0.3, 0.4) is 0 Å². The molecule has 0 atom stereocenters. The highest BCUT2D eigenvalue weighted by molar-refractivity contribution is 5.99. The van der Waals surface area contributed by atoms with Gasteiger partial charge in [0.1, 0.15) is 18.1 Å². The van der Waals surface area contributed by atoms with Crippen molar-refractivity contribution in [3.05, 3.63) is 96.4 Å². The number of halogens is 1. The maximum absolute atomic E-state index is 13.6. The largest absolute Gasteiger partial charge is 0.497 e. The van der Waals surface area contributed by atoms with E-state index < -0.39 is 0 Å². The number of hydrogen-bond donors (Lipinski definition) is 1. The van der Waals surface area contributed by atoms with E-state index in [1.54, 1.807) is 47.0 Å². The first-order valence-electron chi connectivity index (χ1n) is 12.1. The van der Waals surface area contributed by atoms with Crippen LogP contribution in [0.2, 0.25) is 0 Å². The molecule has 7 nitrogen and oxygen atoms in total. The number of aromatic nitrogens is 2. The van der Waals surface area contributed by atoms with Gasteiger partial charge in [0, 0.05) is 29.6 Å². The second-order valence-electron chi connectivity index (χ2n) is 9.07. The van der Waals surface area contributed by atoms with E-state index in [0.29, 0.717) is 35.2 Å². The van der Waals surface area contributed by atoms with Crippen LogP contribution in [0, 0.1) is 11.7 Å². The molecule has 1 aliphatic carbocycles. The Kier molecular flexibility index (Phi) is 6.98. The van der Waals surface area contributed by atoms with Gasteiger partial charge in [-0.05, 0) is 79.4 Å². The average Bonchev–Trinajstić information content (AvgIpc) is 3.66. The highest BCUT2D eigenvalue weighted by Crippen LogP contribution is 2.30. The van der Waals surface area contributed by atoms with Crippen molar-refractivity contribution in [1.82, 2.24) is 14.5 Å². The Morgan fingerprint density at radius 1 is 1.03 bits per heavy atom. The predicted octanol–water partition coefficient (Wildman–Crippen LogP) is 5.18. The van der Waals surface area contributed by atoms with E-state index in [4.69, 9.17) is 4.74 Å². The van der Waals surface area contributed by atoms with Crippen LogP contribution in [0.4, 0.5) is 10.3 Å². The number of ether oxygens (including phenoxy) is 1. The molecule has 1 aliphatic rings. The minimum absolute atomic E-state index is 0.0988. The summed E-state index contributed by atoms with van der Waals surface area (Å²) >= 11 is 0. The summed E-state index contributed by atoms with van der Waals surface area (Å²) in [4.78, 5) is 32.6. The standard InChI is InChI=1S/C29H27FN4O3/c1-37-25-15-9-21(10-16-25)26-18-34(24-13-11-23(30)12-14-24)29(31-26)32-27(35)19-33(17-20-7-8-20)28(36)22-5-3-2-4-6-22/h2-6,9-16,18,20H,7-8,17,19H2,1H3,(H,31,32,35). The minimum atomic E-state index is -0.361. The van der Waals surface area contributed by atoms with Crippen molar-refractivity contribution < 1.29 is 18.7 Å². The second-order valence-corrected chi connectivity index (χ2v) is 9.07. The van der Waals surface area contributed by atoms with Gasteiger partial charge in [-0.25, -0.2) is 9.37 Å². The number of benzene rings is 3. The van der Waals surface area contributed by atoms with E-state index in [1.165, 1.54) is 12.1 Å². The number of methoxy groups -OCH3 is 1. The Bertz CT molecular complexity index is 1380. The number of nitrogens with one attached hydrogen (secondary N) is 1.